The smallest absolute Gasteiger partial charge is 0.326 e. The first-order chi connectivity index (χ1) is 13.4. The van der Waals surface area contributed by atoms with Crippen LogP contribution in [0.3, 0.4) is 0 Å². The van der Waals surface area contributed by atoms with Crippen molar-refractivity contribution in [3.63, 3.8) is 0 Å². The zero-order chi connectivity index (χ0) is 20.5. The number of amides is 2. The quantitative estimate of drug-likeness (QED) is 0.511. The third-order valence-electron chi connectivity index (χ3n) is 4.15. The maximum atomic E-state index is 12.1. The van der Waals surface area contributed by atoms with Gasteiger partial charge in [-0.3, -0.25) is 9.59 Å². The Hall–Kier alpha value is -2.74. The molecule has 148 valence electrons. The monoisotopic (exact) mass is 447 g/mol. The van der Waals surface area contributed by atoms with Crippen molar-refractivity contribution < 1.29 is 19.5 Å². The lowest BCUT2D eigenvalue weighted by Gasteiger charge is -2.16. The zero-order valence-electron chi connectivity index (χ0n) is 15.4. The van der Waals surface area contributed by atoms with E-state index in [1.54, 1.807) is 18.3 Å². The summed E-state index contributed by atoms with van der Waals surface area (Å²) in [5, 5.41) is 14.7. The van der Waals surface area contributed by atoms with Crippen molar-refractivity contribution in [1.29, 1.82) is 0 Å². The van der Waals surface area contributed by atoms with E-state index in [1.807, 2.05) is 37.3 Å². The van der Waals surface area contributed by atoms with Crippen LogP contribution in [0.4, 0.5) is 0 Å². The van der Waals surface area contributed by atoms with Crippen LogP contribution in [0, 0.1) is 0 Å². The Kier molecular flexibility index (Phi) is 8.13. The van der Waals surface area contributed by atoms with Gasteiger partial charge >= 0.3 is 5.97 Å². The van der Waals surface area contributed by atoms with Crippen molar-refractivity contribution in [2.24, 2.45) is 0 Å². The number of nitrogens with one attached hydrogen (secondary N) is 2. The molecule has 3 N–H and O–H groups in total. The van der Waals surface area contributed by atoms with Crippen LogP contribution < -0.4 is 10.6 Å². The summed E-state index contributed by atoms with van der Waals surface area (Å²) >= 11 is 3.26. The molecule has 8 heteroatoms. The third-order valence-corrected chi connectivity index (χ3v) is 4.86. The number of pyridine rings is 1. The number of carboxylic acids is 1. The summed E-state index contributed by atoms with van der Waals surface area (Å²) < 4.78 is 0.532. The van der Waals surface area contributed by atoms with Crippen LogP contribution >= 0.6 is 15.9 Å². The fourth-order valence-electron chi connectivity index (χ4n) is 2.62. The lowest BCUT2D eigenvalue weighted by atomic mass is 10.1. The first kappa shape index (κ1) is 21.6. The van der Waals surface area contributed by atoms with Gasteiger partial charge in [0.15, 0.2) is 0 Å². The molecule has 0 bridgehead atoms. The molecule has 0 spiro atoms. The highest BCUT2D eigenvalue weighted by Gasteiger charge is 2.22. The van der Waals surface area contributed by atoms with E-state index >= 15 is 0 Å². The van der Waals surface area contributed by atoms with E-state index in [0.29, 0.717) is 10.2 Å². The molecule has 0 aliphatic rings. The first-order valence-corrected chi connectivity index (χ1v) is 9.62. The topological polar surface area (TPSA) is 108 Å². The van der Waals surface area contributed by atoms with Crippen LogP contribution in [0.25, 0.3) is 0 Å². The van der Waals surface area contributed by atoms with E-state index in [9.17, 15) is 19.5 Å². The van der Waals surface area contributed by atoms with Crippen LogP contribution in [0.1, 0.15) is 36.9 Å². The second-order valence-electron chi connectivity index (χ2n) is 6.32. The van der Waals surface area contributed by atoms with Crippen LogP contribution in [0.15, 0.2) is 53.3 Å². The summed E-state index contributed by atoms with van der Waals surface area (Å²) in [5.41, 5.74) is 1.64. The molecule has 0 fully saturated rings. The summed E-state index contributed by atoms with van der Waals surface area (Å²) in [4.78, 5) is 39.7. The number of carbonyl (C=O) groups is 3. The summed E-state index contributed by atoms with van der Waals surface area (Å²) in [6.07, 6.45) is 1.56. The molecule has 2 atom stereocenters. The number of halogens is 1. The molecule has 0 saturated carbocycles. The average molecular weight is 448 g/mol. The Labute approximate surface area is 171 Å². The predicted molar refractivity (Wildman–Crippen MR) is 107 cm³/mol. The highest BCUT2D eigenvalue weighted by molar-refractivity contribution is 9.10. The van der Waals surface area contributed by atoms with Crippen molar-refractivity contribution in [2.75, 3.05) is 0 Å². The van der Waals surface area contributed by atoms with Crippen molar-refractivity contribution in [2.45, 2.75) is 38.3 Å². The fraction of sp³-hybridized carbons (Fsp3) is 0.300. The van der Waals surface area contributed by atoms with Gasteiger partial charge in [-0.1, -0.05) is 36.4 Å². The lowest BCUT2D eigenvalue weighted by molar-refractivity contribution is -0.141. The van der Waals surface area contributed by atoms with Crippen LogP contribution in [-0.4, -0.2) is 33.9 Å². The minimum atomic E-state index is -1.15. The number of carbonyl (C=O) groups excluding carboxylic acids is 2. The minimum absolute atomic E-state index is 0.0219. The van der Waals surface area contributed by atoms with Crippen LogP contribution in [0.5, 0.6) is 0 Å². The third kappa shape index (κ3) is 6.77. The van der Waals surface area contributed by atoms with Gasteiger partial charge in [0.05, 0.1) is 6.04 Å². The molecule has 1 aromatic heterocycles. The lowest BCUT2D eigenvalue weighted by Crippen LogP contribution is -2.42. The van der Waals surface area contributed by atoms with Gasteiger partial charge in [0.25, 0.3) is 0 Å². The van der Waals surface area contributed by atoms with Gasteiger partial charge in [-0.2, -0.15) is 0 Å². The molecule has 0 aliphatic carbocycles. The van der Waals surface area contributed by atoms with E-state index < -0.39 is 17.9 Å². The van der Waals surface area contributed by atoms with Crippen molar-refractivity contribution in [3.05, 3.63) is 64.4 Å². The molecule has 7 nitrogen and oxygen atoms in total. The van der Waals surface area contributed by atoms with Crippen molar-refractivity contribution in [3.8, 4) is 0 Å². The number of nitrogens with zero attached hydrogens (tertiary/aromatic N) is 1. The standard InChI is InChI=1S/C20H22BrN3O4/c1-13(14-6-3-2-4-7-14)23-17(25)9-10-18(26)24-16(20(27)28)12-15-8-5-11-22-19(15)21/h2-8,11,13,16H,9-10,12H2,1H3,(H,23,25)(H,24,26)(H,27,28)/t13-,16-/m1/s1. The van der Waals surface area contributed by atoms with Crippen molar-refractivity contribution in [1.82, 2.24) is 15.6 Å². The van der Waals surface area contributed by atoms with Crippen LogP contribution in [-0.2, 0) is 20.8 Å². The normalized spacial score (nSPS) is 12.6. The Morgan fingerprint density at radius 2 is 1.68 bits per heavy atom. The molecular formula is C20H22BrN3O4. The fourth-order valence-corrected chi connectivity index (χ4v) is 3.04. The second-order valence-corrected chi connectivity index (χ2v) is 7.07. The van der Waals surface area contributed by atoms with E-state index in [0.717, 1.165) is 5.56 Å². The Morgan fingerprint density at radius 3 is 2.29 bits per heavy atom. The van der Waals surface area contributed by atoms with Gasteiger partial charge in [0.1, 0.15) is 10.6 Å². The summed E-state index contributed by atoms with van der Waals surface area (Å²) in [6, 6.07) is 11.6. The molecular weight excluding hydrogens is 426 g/mol. The van der Waals surface area contributed by atoms with E-state index in [-0.39, 0.29) is 31.2 Å². The average Bonchev–Trinajstić information content (AvgIpc) is 2.68. The molecule has 28 heavy (non-hydrogen) atoms. The number of rotatable bonds is 9. The van der Waals surface area contributed by atoms with E-state index in [4.69, 9.17) is 0 Å². The van der Waals surface area contributed by atoms with Gasteiger partial charge in [-0.15, -0.1) is 0 Å². The molecule has 0 saturated heterocycles. The van der Waals surface area contributed by atoms with Gasteiger partial charge in [0, 0.05) is 25.5 Å². The molecule has 2 amide bonds. The van der Waals surface area contributed by atoms with E-state index in [2.05, 4.69) is 31.5 Å². The van der Waals surface area contributed by atoms with Gasteiger partial charge in [-0.25, -0.2) is 9.78 Å². The van der Waals surface area contributed by atoms with Gasteiger partial charge in [-0.05, 0) is 40.0 Å². The molecule has 2 aromatic rings. The molecule has 0 radical (unpaired) electrons. The molecule has 1 aromatic carbocycles. The summed E-state index contributed by atoms with van der Waals surface area (Å²) in [5.74, 6) is -1.91. The molecule has 2 rings (SSSR count). The largest absolute Gasteiger partial charge is 0.480 e. The predicted octanol–water partition coefficient (Wildman–Crippen LogP) is 2.61. The Morgan fingerprint density at radius 1 is 1.04 bits per heavy atom. The number of hydrogen-bond donors (Lipinski definition) is 3. The van der Waals surface area contributed by atoms with Crippen molar-refractivity contribution >= 4 is 33.7 Å². The Balaban J connectivity index is 1.83. The zero-order valence-corrected chi connectivity index (χ0v) is 17.0. The number of benzene rings is 1. The minimum Gasteiger partial charge on any atom is -0.480 e. The van der Waals surface area contributed by atoms with Gasteiger partial charge < -0.3 is 15.7 Å². The summed E-state index contributed by atoms with van der Waals surface area (Å²) in [6.45, 7) is 1.86. The SMILES string of the molecule is C[C@@H](NC(=O)CCC(=O)N[C@H](Cc1cccnc1Br)C(=O)O)c1ccccc1. The Bertz CT molecular complexity index is 829. The highest BCUT2D eigenvalue weighted by atomic mass is 79.9. The number of aromatic nitrogens is 1. The van der Waals surface area contributed by atoms with Crippen LogP contribution in [0.2, 0.25) is 0 Å². The molecule has 1 heterocycles. The van der Waals surface area contributed by atoms with E-state index in [1.165, 1.54) is 0 Å². The number of carboxylic acid groups (broad SMARTS) is 1. The molecule has 0 aliphatic heterocycles. The first-order valence-electron chi connectivity index (χ1n) is 8.82. The molecule has 0 unspecified atom stereocenters. The maximum Gasteiger partial charge on any atom is 0.326 e. The number of hydrogen-bond acceptors (Lipinski definition) is 4. The maximum absolute atomic E-state index is 12.1. The van der Waals surface area contributed by atoms with Gasteiger partial charge in [0.2, 0.25) is 11.8 Å². The highest BCUT2D eigenvalue weighted by Crippen LogP contribution is 2.15. The number of aliphatic carboxylic acids is 1. The second kappa shape index (κ2) is 10.6. The summed E-state index contributed by atoms with van der Waals surface area (Å²) in [7, 11) is 0.